The van der Waals surface area contributed by atoms with E-state index in [-0.39, 0.29) is 6.42 Å². The van der Waals surface area contributed by atoms with Gasteiger partial charge in [0.1, 0.15) is 24.2 Å². The van der Waals surface area contributed by atoms with Crippen molar-refractivity contribution in [2.75, 3.05) is 23.9 Å². The molecular formula is C29H35ClN4O4S. The molecule has 0 aliphatic heterocycles. The normalized spacial score (nSPS) is 12.4. The number of benzene rings is 2. The quantitative estimate of drug-likeness (QED) is 0.322. The van der Waals surface area contributed by atoms with Crippen molar-refractivity contribution in [3.63, 3.8) is 0 Å². The Morgan fingerprint density at radius 2 is 1.92 bits per heavy atom. The number of anilines is 1. The van der Waals surface area contributed by atoms with Crippen molar-refractivity contribution >= 4 is 53.0 Å². The summed E-state index contributed by atoms with van der Waals surface area (Å²) in [5, 5.41) is 15.5. The van der Waals surface area contributed by atoms with Gasteiger partial charge in [-0.1, -0.05) is 54.6 Å². The van der Waals surface area contributed by atoms with E-state index in [1.807, 2.05) is 18.4 Å². The number of rotatable bonds is 11. The molecule has 2 atom stereocenters. The van der Waals surface area contributed by atoms with Gasteiger partial charge >= 0.3 is 6.09 Å². The molecule has 2 rings (SSSR count). The standard InChI is InChI=1S/C29H35ClN4O4S/c1-7-20-11-9-12-21(18-20)25(26(35)33-24-19(2)10-8-13-22(24)30)34(16-15-31)27(36)23(14-17-39-6)32-28(37)38-29(3,4)5/h7-13,18,23,25H,1,14,16-17H2,2-6H3,(H,32,37)(H,33,35). The van der Waals surface area contributed by atoms with Crippen molar-refractivity contribution in [3.8, 4) is 6.07 Å². The topological polar surface area (TPSA) is 112 Å². The van der Waals surface area contributed by atoms with Crippen LogP contribution in [0.4, 0.5) is 10.5 Å². The zero-order valence-electron chi connectivity index (χ0n) is 22.9. The lowest BCUT2D eigenvalue weighted by molar-refractivity contribution is -0.140. The van der Waals surface area contributed by atoms with Crippen LogP contribution in [0, 0.1) is 18.3 Å². The number of carbonyl (C=O) groups is 3. The van der Waals surface area contributed by atoms with Crippen molar-refractivity contribution < 1.29 is 19.1 Å². The zero-order valence-corrected chi connectivity index (χ0v) is 24.5. The lowest BCUT2D eigenvalue weighted by atomic mass is 9.99. The summed E-state index contributed by atoms with van der Waals surface area (Å²) in [4.78, 5) is 41.6. The van der Waals surface area contributed by atoms with E-state index in [1.165, 1.54) is 16.7 Å². The average molecular weight is 571 g/mol. The SMILES string of the molecule is C=Cc1cccc(C(C(=O)Nc2c(C)cccc2Cl)N(CC#N)C(=O)C(CCSC)NC(=O)OC(C)(C)C)c1. The van der Waals surface area contributed by atoms with Crippen molar-refractivity contribution in [1.29, 1.82) is 5.26 Å². The van der Waals surface area contributed by atoms with E-state index < -0.39 is 42.1 Å². The molecule has 2 unspecified atom stereocenters. The minimum Gasteiger partial charge on any atom is -0.444 e. The molecule has 2 N–H and O–H groups in total. The minimum absolute atomic E-state index is 0.270. The maximum Gasteiger partial charge on any atom is 0.408 e. The number of halogens is 1. The first-order valence-electron chi connectivity index (χ1n) is 12.4. The summed E-state index contributed by atoms with van der Waals surface area (Å²) in [7, 11) is 0. The second-order valence-corrected chi connectivity index (χ2v) is 11.2. The van der Waals surface area contributed by atoms with Crippen LogP contribution in [0.1, 0.15) is 49.9 Å². The van der Waals surface area contributed by atoms with Gasteiger partial charge in [-0.15, -0.1) is 0 Å². The first-order chi connectivity index (χ1) is 18.4. The molecular weight excluding hydrogens is 536 g/mol. The third-order valence-corrected chi connectivity index (χ3v) is 6.58. The molecule has 0 heterocycles. The first-order valence-corrected chi connectivity index (χ1v) is 14.1. The molecule has 8 nitrogen and oxygen atoms in total. The summed E-state index contributed by atoms with van der Waals surface area (Å²) in [6.07, 6.45) is 3.01. The lowest BCUT2D eigenvalue weighted by Crippen LogP contribution is -2.52. The Hall–Kier alpha value is -3.48. The van der Waals surface area contributed by atoms with E-state index in [9.17, 15) is 19.6 Å². The Kier molecular flexibility index (Phi) is 11.9. The number of ether oxygens (including phenoxy) is 1. The molecule has 3 amide bonds. The van der Waals surface area contributed by atoms with E-state index in [2.05, 4.69) is 17.2 Å². The number of nitrogens with one attached hydrogen (secondary N) is 2. The van der Waals surface area contributed by atoms with E-state index in [0.717, 1.165) is 11.1 Å². The maximum atomic E-state index is 14.0. The molecule has 0 saturated heterocycles. The largest absolute Gasteiger partial charge is 0.444 e. The number of thioether (sulfide) groups is 1. The van der Waals surface area contributed by atoms with Crippen LogP contribution < -0.4 is 10.6 Å². The molecule has 208 valence electrons. The highest BCUT2D eigenvalue weighted by molar-refractivity contribution is 7.98. The zero-order chi connectivity index (χ0) is 29.2. The van der Waals surface area contributed by atoms with Gasteiger partial charge in [0.2, 0.25) is 5.91 Å². The fraction of sp³-hybridized carbons (Fsp3) is 0.379. The van der Waals surface area contributed by atoms with E-state index >= 15 is 0 Å². The van der Waals surface area contributed by atoms with E-state index in [1.54, 1.807) is 70.2 Å². The summed E-state index contributed by atoms with van der Waals surface area (Å²) in [5.41, 5.74) is 1.57. The summed E-state index contributed by atoms with van der Waals surface area (Å²) in [5.74, 6) is -0.595. The monoisotopic (exact) mass is 570 g/mol. The van der Waals surface area contributed by atoms with Crippen LogP contribution in [0.15, 0.2) is 49.0 Å². The molecule has 2 aromatic carbocycles. The second kappa shape index (κ2) is 14.6. The fourth-order valence-corrected chi connectivity index (χ4v) is 4.57. The number of amides is 3. The van der Waals surface area contributed by atoms with Crippen LogP contribution in [0.5, 0.6) is 0 Å². The number of hydrogen-bond acceptors (Lipinski definition) is 6. The molecule has 0 saturated carbocycles. The van der Waals surface area contributed by atoms with Crippen molar-refractivity contribution in [3.05, 3.63) is 70.8 Å². The third-order valence-electron chi connectivity index (χ3n) is 5.62. The van der Waals surface area contributed by atoms with Gasteiger partial charge in [-0.05, 0) is 74.9 Å². The highest BCUT2D eigenvalue weighted by Crippen LogP contribution is 2.30. The van der Waals surface area contributed by atoms with Crippen LogP contribution >= 0.6 is 23.4 Å². The van der Waals surface area contributed by atoms with Crippen LogP contribution in [0.3, 0.4) is 0 Å². The maximum absolute atomic E-state index is 14.0. The smallest absolute Gasteiger partial charge is 0.408 e. The Balaban J connectivity index is 2.57. The summed E-state index contributed by atoms with van der Waals surface area (Å²) >= 11 is 7.87. The molecule has 0 fully saturated rings. The van der Waals surface area contributed by atoms with Gasteiger partial charge in [-0.3, -0.25) is 9.59 Å². The fourth-order valence-electron chi connectivity index (χ4n) is 3.83. The number of para-hydroxylation sites is 1. The number of nitrogens with zero attached hydrogens (tertiary/aromatic N) is 2. The number of alkyl carbamates (subject to hydrolysis) is 1. The van der Waals surface area contributed by atoms with Gasteiger partial charge in [-0.2, -0.15) is 17.0 Å². The molecule has 0 radical (unpaired) electrons. The number of aryl methyl sites for hydroxylation is 1. The van der Waals surface area contributed by atoms with E-state index in [4.69, 9.17) is 16.3 Å². The van der Waals surface area contributed by atoms with Crippen LogP contribution in [-0.4, -0.2) is 53.0 Å². The third kappa shape index (κ3) is 9.34. The minimum atomic E-state index is -1.20. The van der Waals surface area contributed by atoms with Crippen molar-refractivity contribution in [1.82, 2.24) is 10.2 Å². The Bertz CT molecular complexity index is 1220. The second-order valence-electron chi connectivity index (χ2n) is 9.80. The van der Waals surface area contributed by atoms with E-state index in [0.29, 0.717) is 22.0 Å². The van der Waals surface area contributed by atoms with Gasteiger partial charge in [0.15, 0.2) is 0 Å². The lowest BCUT2D eigenvalue weighted by Gasteiger charge is -2.33. The van der Waals surface area contributed by atoms with Gasteiger partial charge in [0.05, 0.1) is 16.8 Å². The highest BCUT2D eigenvalue weighted by Gasteiger charge is 2.36. The Morgan fingerprint density at radius 3 is 2.51 bits per heavy atom. The van der Waals surface area contributed by atoms with Crippen molar-refractivity contribution in [2.24, 2.45) is 0 Å². The summed E-state index contributed by atoms with van der Waals surface area (Å²) in [6, 6.07) is 12.0. The first kappa shape index (κ1) is 31.7. The number of nitriles is 1. The van der Waals surface area contributed by atoms with Crippen LogP contribution in [0.2, 0.25) is 5.02 Å². The summed E-state index contributed by atoms with van der Waals surface area (Å²) in [6.45, 7) is 10.4. The molecule has 10 heteroatoms. The highest BCUT2D eigenvalue weighted by atomic mass is 35.5. The molecule has 0 aliphatic rings. The Morgan fingerprint density at radius 1 is 1.23 bits per heavy atom. The van der Waals surface area contributed by atoms with Gasteiger partial charge in [0, 0.05) is 0 Å². The van der Waals surface area contributed by atoms with Gasteiger partial charge in [0.25, 0.3) is 5.91 Å². The van der Waals surface area contributed by atoms with Gasteiger partial charge in [-0.25, -0.2) is 4.79 Å². The number of hydrogen-bond donors (Lipinski definition) is 2. The predicted octanol–water partition coefficient (Wildman–Crippen LogP) is 5.97. The van der Waals surface area contributed by atoms with Crippen LogP contribution in [-0.2, 0) is 14.3 Å². The molecule has 2 aromatic rings. The molecule has 0 bridgehead atoms. The molecule has 0 aliphatic carbocycles. The molecule has 0 spiro atoms. The number of carbonyl (C=O) groups excluding carboxylic acids is 3. The van der Waals surface area contributed by atoms with Gasteiger partial charge < -0.3 is 20.3 Å². The van der Waals surface area contributed by atoms with Crippen LogP contribution in [0.25, 0.3) is 6.08 Å². The molecule has 0 aromatic heterocycles. The Labute approximate surface area is 239 Å². The molecule has 39 heavy (non-hydrogen) atoms. The van der Waals surface area contributed by atoms with Crippen molar-refractivity contribution in [2.45, 2.75) is 51.8 Å². The predicted molar refractivity (Wildman–Crippen MR) is 158 cm³/mol. The summed E-state index contributed by atoms with van der Waals surface area (Å²) < 4.78 is 5.37. The average Bonchev–Trinajstić information content (AvgIpc) is 2.87.